The van der Waals surface area contributed by atoms with Crippen LogP contribution in [0.2, 0.25) is 0 Å². The highest BCUT2D eigenvalue weighted by Gasteiger charge is 2.29. The number of ether oxygens (including phenoxy) is 1. The fourth-order valence-corrected chi connectivity index (χ4v) is 5.50. The van der Waals surface area contributed by atoms with Crippen molar-refractivity contribution in [3.63, 3.8) is 0 Å². The molecule has 2 amide bonds. The van der Waals surface area contributed by atoms with Crippen LogP contribution >= 0.6 is 22.7 Å². The lowest BCUT2D eigenvalue weighted by Crippen LogP contribution is -2.24. The molecule has 1 aromatic carbocycles. The Morgan fingerprint density at radius 3 is 2.67 bits per heavy atom. The van der Waals surface area contributed by atoms with Crippen LogP contribution in [0.3, 0.4) is 0 Å². The van der Waals surface area contributed by atoms with E-state index in [1.54, 1.807) is 18.3 Å². The quantitative estimate of drug-likeness (QED) is 0.243. The fourth-order valence-electron chi connectivity index (χ4n) is 3.90. The highest BCUT2D eigenvalue weighted by atomic mass is 32.1. The lowest BCUT2D eigenvalue weighted by molar-refractivity contribution is -0.124. The fraction of sp³-hybridized carbons (Fsp3) is 0.231. The summed E-state index contributed by atoms with van der Waals surface area (Å²) in [5.41, 5.74) is 2.41. The van der Waals surface area contributed by atoms with Crippen LogP contribution in [0, 0.1) is 0 Å². The first-order valence-electron chi connectivity index (χ1n) is 11.5. The molecule has 3 aromatic heterocycles. The van der Waals surface area contributed by atoms with Gasteiger partial charge in [0.05, 0.1) is 16.9 Å². The summed E-state index contributed by atoms with van der Waals surface area (Å²) in [4.78, 5) is 37.9. The Hall–Kier alpha value is -3.60. The number of aromatic nitrogens is 2. The molecule has 0 saturated heterocycles. The number of rotatable bonds is 9. The van der Waals surface area contributed by atoms with Crippen molar-refractivity contribution in [2.45, 2.75) is 13.3 Å². The summed E-state index contributed by atoms with van der Waals surface area (Å²) in [5.74, 6) is 0.962. The molecule has 0 radical (unpaired) electrons. The van der Waals surface area contributed by atoms with Crippen molar-refractivity contribution in [2.75, 3.05) is 32.6 Å². The molecular weight excluding hydrogens is 494 g/mol. The van der Waals surface area contributed by atoms with E-state index >= 15 is 0 Å². The third kappa shape index (κ3) is 4.88. The topological polar surface area (TPSA) is 96.5 Å². The Morgan fingerprint density at radius 2 is 1.94 bits per heavy atom. The maximum atomic E-state index is 12.4. The standard InChI is InChI=1S/C26H25N5O3S2/c1-15-21(25(33)30-24(15)32)27-23-20-18(14-36-26(20)29-22(28-23)19-9-5-12-35-19)16-7-4-8-17(13-16)34-11-6-10-31(2)3/h4-5,7-9,12-14H,6,10-11H2,1-3H3,(H2,27,28,29,30,32,33). The number of hydrogen-bond acceptors (Lipinski definition) is 9. The average Bonchev–Trinajstić information content (AvgIpc) is 3.59. The molecule has 184 valence electrons. The Morgan fingerprint density at radius 1 is 1.08 bits per heavy atom. The highest BCUT2D eigenvalue weighted by Crippen LogP contribution is 2.40. The minimum atomic E-state index is -0.466. The number of carbonyl (C=O) groups excluding carboxylic acids is 2. The second-order valence-corrected chi connectivity index (χ2v) is 10.4. The third-order valence-electron chi connectivity index (χ3n) is 5.75. The van der Waals surface area contributed by atoms with Gasteiger partial charge in [0.15, 0.2) is 5.82 Å². The summed E-state index contributed by atoms with van der Waals surface area (Å²) in [5, 5.41) is 10.3. The van der Waals surface area contributed by atoms with Crippen LogP contribution in [0.15, 0.2) is 58.4 Å². The summed E-state index contributed by atoms with van der Waals surface area (Å²) < 4.78 is 5.99. The molecule has 1 aliphatic heterocycles. The van der Waals surface area contributed by atoms with Crippen LogP contribution in [0.5, 0.6) is 5.75 Å². The third-order valence-corrected chi connectivity index (χ3v) is 7.49. The molecule has 1 aliphatic rings. The van der Waals surface area contributed by atoms with Crippen LogP contribution in [0.4, 0.5) is 5.82 Å². The summed E-state index contributed by atoms with van der Waals surface area (Å²) >= 11 is 3.05. The first kappa shape index (κ1) is 24.1. The molecule has 5 rings (SSSR count). The monoisotopic (exact) mass is 519 g/mol. The van der Waals surface area contributed by atoms with Gasteiger partial charge in [0.2, 0.25) is 0 Å². The minimum Gasteiger partial charge on any atom is -0.494 e. The number of amides is 2. The maximum absolute atomic E-state index is 12.4. The predicted octanol–water partition coefficient (Wildman–Crippen LogP) is 4.76. The van der Waals surface area contributed by atoms with Gasteiger partial charge in [-0.25, -0.2) is 9.97 Å². The molecule has 0 spiro atoms. The zero-order valence-corrected chi connectivity index (χ0v) is 21.8. The SMILES string of the molecule is CC1=C(Nc2nc(-c3cccs3)nc3scc(-c4cccc(OCCCN(C)C)c4)c23)C(=O)NC1=O. The molecule has 0 saturated carbocycles. The molecule has 36 heavy (non-hydrogen) atoms. The smallest absolute Gasteiger partial charge is 0.275 e. The van der Waals surface area contributed by atoms with E-state index in [4.69, 9.17) is 14.7 Å². The Bertz CT molecular complexity index is 1470. The predicted molar refractivity (Wildman–Crippen MR) is 144 cm³/mol. The van der Waals surface area contributed by atoms with E-state index in [1.807, 2.05) is 61.3 Å². The van der Waals surface area contributed by atoms with E-state index in [9.17, 15) is 9.59 Å². The molecule has 0 unspecified atom stereocenters. The van der Waals surface area contributed by atoms with Crippen molar-refractivity contribution in [3.05, 3.63) is 58.4 Å². The molecule has 4 heterocycles. The van der Waals surface area contributed by atoms with Gasteiger partial charge in [-0.3, -0.25) is 14.9 Å². The normalized spacial score (nSPS) is 13.7. The van der Waals surface area contributed by atoms with Crippen LogP contribution in [0.25, 0.3) is 32.0 Å². The van der Waals surface area contributed by atoms with E-state index < -0.39 is 11.8 Å². The van der Waals surface area contributed by atoms with Gasteiger partial charge in [0.25, 0.3) is 11.8 Å². The second-order valence-electron chi connectivity index (χ2n) is 8.64. The van der Waals surface area contributed by atoms with Crippen molar-refractivity contribution < 1.29 is 14.3 Å². The van der Waals surface area contributed by atoms with Crippen molar-refractivity contribution in [1.29, 1.82) is 0 Å². The minimum absolute atomic E-state index is 0.201. The number of thiophene rings is 2. The summed E-state index contributed by atoms with van der Waals surface area (Å²) in [6, 6.07) is 11.8. The van der Waals surface area contributed by atoms with Crippen LogP contribution in [-0.2, 0) is 9.59 Å². The van der Waals surface area contributed by atoms with Gasteiger partial charge in [-0.15, -0.1) is 22.7 Å². The number of benzene rings is 1. The molecule has 0 fully saturated rings. The van der Waals surface area contributed by atoms with E-state index in [-0.39, 0.29) is 5.70 Å². The number of hydrogen-bond donors (Lipinski definition) is 2. The van der Waals surface area contributed by atoms with Crippen LogP contribution in [0.1, 0.15) is 13.3 Å². The van der Waals surface area contributed by atoms with Gasteiger partial charge >= 0.3 is 0 Å². The number of nitrogens with one attached hydrogen (secondary N) is 2. The summed E-state index contributed by atoms with van der Waals surface area (Å²) in [7, 11) is 4.09. The number of fused-ring (bicyclic) bond motifs is 1. The van der Waals surface area contributed by atoms with E-state index in [0.29, 0.717) is 23.8 Å². The van der Waals surface area contributed by atoms with E-state index in [1.165, 1.54) is 11.3 Å². The zero-order chi connectivity index (χ0) is 25.2. The highest BCUT2D eigenvalue weighted by molar-refractivity contribution is 7.17. The van der Waals surface area contributed by atoms with Crippen LogP contribution < -0.4 is 15.4 Å². The molecular formula is C26H25N5O3S2. The molecule has 0 atom stereocenters. The van der Waals surface area contributed by atoms with E-state index in [0.717, 1.165) is 44.9 Å². The molecule has 2 N–H and O–H groups in total. The maximum Gasteiger partial charge on any atom is 0.275 e. The number of carbonyl (C=O) groups is 2. The average molecular weight is 520 g/mol. The molecule has 0 aliphatic carbocycles. The molecule has 0 bridgehead atoms. The summed E-state index contributed by atoms with van der Waals surface area (Å²) in [6.07, 6.45) is 0.932. The number of nitrogens with zero attached hydrogens (tertiary/aromatic N) is 3. The lowest BCUT2D eigenvalue weighted by Gasteiger charge is -2.12. The summed E-state index contributed by atoms with van der Waals surface area (Å²) in [6.45, 7) is 3.20. The lowest BCUT2D eigenvalue weighted by atomic mass is 10.1. The number of anilines is 1. The molecule has 8 nitrogen and oxygen atoms in total. The van der Waals surface area contributed by atoms with Gasteiger partial charge in [0, 0.05) is 23.1 Å². The Balaban J connectivity index is 1.56. The van der Waals surface area contributed by atoms with Gasteiger partial charge < -0.3 is 15.0 Å². The van der Waals surface area contributed by atoms with Crippen molar-refractivity contribution in [1.82, 2.24) is 20.2 Å². The molecule has 4 aromatic rings. The van der Waals surface area contributed by atoms with Crippen LogP contribution in [-0.4, -0.2) is 53.9 Å². The van der Waals surface area contributed by atoms with Gasteiger partial charge in [0.1, 0.15) is 22.1 Å². The number of imide groups is 1. The molecule has 10 heteroatoms. The first-order chi connectivity index (χ1) is 17.4. The first-order valence-corrected chi connectivity index (χ1v) is 13.2. The van der Waals surface area contributed by atoms with Gasteiger partial charge in [-0.05, 0) is 56.6 Å². The van der Waals surface area contributed by atoms with Gasteiger partial charge in [-0.1, -0.05) is 18.2 Å². The second kappa shape index (κ2) is 10.2. The van der Waals surface area contributed by atoms with Crippen molar-refractivity contribution >= 4 is 50.5 Å². The van der Waals surface area contributed by atoms with Crippen molar-refractivity contribution in [2.24, 2.45) is 0 Å². The zero-order valence-electron chi connectivity index (χ0n) is 20.1. The largest absolute Gasteiger partial charge is 0.494 e. The van der Waals surface area contributed by atoms with E-state index in [2.05, 4.69) is 15.5 Å². The Labute approximate surface area is 216 Å². The Kier molecular flexibility index (Phi) is 6.82. The van der Waals surface area contributed by atoms with Crippen molar-refractivity contribution in [3.8, 4) is 27.6 Å². The van der Waals surface area contributed by atoms with Gasteiger partial charge in [-0.2, -0.15) is 0 Å².